The molecule has 0 aromatic heterocycles. The topological polar surface area (TPSA) is 38.5 Å². The van der Waals surface area contributed by atoms with E-state index < -0.39 is 0 Å². The highest BCUT2D eigenvalue weighted by molar-refractivity contribution is 5.14. The van der Waals surface area contributed by atoms with Crippen LogP contribution < -0.4 is 5.73 Å². The lowest BCUT2D eigenvalue weighted by molar-refractivity contribution is 0.0392. The van der Waals surface area contributed by atoms with Crippen molar-refractivity contribution in [1.82, 2.24) is 4.90 Å². The molecule has 1 aromatic rings. The van der Waals surface area contributed by atoms with Gasteiger partial charge in [0.05, 0.1) is 13.2 Å². The third-order valence-electron chi connectivity index (χ3n) is 3.55. The van der Waals surface area contributed by atoms with Crippen LogP contribution in [0.5, 0.6) is 0 Å². The van der Waals surface area contributed by atoms with Crippen molar-refractivity contribution in [2.45, 2.75) is 31.8 Å². The van der Waals surface area contributed by atoms with E-state index in [2.05, 4.69) is 35.2 Å². The van der Waals surface area contributed by atoms with E-state index in [1.54, 1.807) is 0 Å². The molecule has 0 saturated carbocycles. The zero-order valence-corrected chi connectivity index (χ0v) is 11.1. The molecule has 100 valence electrons. The first-order chi connectivity index (χ1) is 8.90. The summed E-state index contributed by atoms with van der Waals surface area (Å²) in [6.07, 6.45) is 3.87. The Balaban J connectivity index is 1.87. The first-order valence-corrected chi connectivity index (χ1v) is 6.96. The predicted molar refractivity (Wildman–Crippen MR) is 74.4 cm³/mol. The summed E-state index contributed by atoms with van der Waals surface area (Å²) in [4.78, 5) is 2.55. The van der Waals surface area contributed by atoms with Gasteiger partial charge in [0, 0.05) is 19.1 Å². The van der Waals surface area contributed by atoms with Crippen molar-refractivity contribution in [3.63, 3.8) is 0 Å². The number of hydrogen-bond acceptors (Lipinski definition) is 3. The van der Waals surface area contributed by atoms with Gasteiger partial charge in [0.1, 0.15) is 0 Å². The van der Waals surface area contributed by atoms with Gasteiger partial charge in [0.25, 0.3) is 0 Å². The maximum absolute atomic E-state index is 5.62. The second-order valence-electron chi connectivity index (χ2n) is 4.97. The van der Waals surface area contributed by atoms with Gasteiger partial charge >= 0.3 is 0 Å². The van der Waals surface area contributed by atoms with Crippen LogP contribution in [0.3, 0.4) is 0 Å². The molecule has 0 radical (unpaired) electrons. The number of nitrogens with zero attached hydrogens (tertiary/aromatic N) is 1. The number of nitrogens with two attached hydrogens (primary N) is 1. The highest BCUT2D eigenvalue weighted by atomic mass is 16.5. The van der Waals surface area contributed by atoms with Gasteiger partial charge in [-0.2, -0.15) is 0 Å². The van der Waals surface area contributed by atoms with Gasteiger partial charge in [-0.15, -0.1) is 0 Å². The summed E-state index contributed by atoms with van der Waals surface area (Å²) in [5.74, 6) is 0. The van der Waals surface area contributed by atoms with E-state index in [1.807, 2.05) is 0 Å². The van der Waals surface area contributed by atoms with E-state index in [4.69, 9.17) is 10.5 Å². The third kappa shape index (κ3) is 4.09. The molecule has 1 atom stereocenters. The lowest BCUT2D eigenvalue weighted by Crippen LogP contribution is -2.42. The normalized spacial score (nSPS) is 21.1. The summed E-state index contributed by atoms with van der Waals surface area (Å²) in [6, 6.07) is 11.3. The standard InChI is InChI=1S/C15H24N2O/c16-9-11-18-13-15-8-4-5-10-17(15)12-14-6-2-1-3-7-14/h1-3,6-7,15H,4-5,8-13,16H2. The maximum Gasteiger partial charge on any atom is 0.0622 e. The molecule has 1 unspecified atom stereocenters. The SMILES string of the molecule is NCCOCC1CCCCN1Cc1ccccc1. The number of rotatable bonds is 6. The molecule has 2 N–H and O–H groups in total. The van der Waals surface area contributed by atoms with Crippen LogP contribution in [-0.4, -0.2) is 37.2 Å². The Hall–Kier alpha value is -0.900. The molecular weight excluding hydrogens is 224 g/mol. The average Bonchev–Trinajstić information content (AvgIpc) is 2.42. The molecule has 0 aliphatic carbocycles. The molecule has 1 aliphatic heterocycles. The van der Waals surface area contributed by atoms with Gasteiger partial charge in [0.15, 0.2) is 0 Å². The van der Waals surface area contributed by atoms with Crippen LogP contribution >= 0.6 is 0 Å². The van der Waals surface area contributed by atoms with Crippen molar-refractivity contribution in [3.05, 3.63) is 35.9 Å². The fraction of sp³-hybridized carbons (Fsp3) is 0.600. The number of hydrogen-bond donors (Lipinski definition) is 1. The van der Waals surface area contributed by atoms with Gasteiger partial charge in [-0.3, -0.25) is 4.90 Å². The van der Waals surface area contributed by atoms with Gasteiger partial charge in [-0.25, -0.2) is 0 Å². The van der Waals surface area contributed by atoms with E-state index in [9.17, 15) is 0 Å². The quantitative estimate of drug-likeness (QED) is 0.783. The van der Waals surface area contributed by atoms with E-state index in [1.165, 1.54) is 31.4 Å². The average molecular weight is 248 g/mol. The fourth-order valence-electron chi connectivity index (χ4n) is 2.58. The Morgan fingerprint density at radius 1 is 1.22 bits per heavy atom. The lowest BCUT2D eigenvalue weighted by atomic mass is 10.0. The summed E-state index contributed by atoms with van der Waals surface area (Å²) in [7, 11) is 0. The summed E-state index contributed by atoms with van der Waals surface area (Å²) < 4.78 is 5.62. The molecule has 0 spiro atoms. The molecule has 3 heteroatoms. The Morgan fingerprint density at radius 3 is 2.83 bits per heavy atom. The molecule has 1 fully saturated rings. The minimum Gasteiger partial charge on any atom is -0.379 e. The summed E-state index contributed by atoms with van der Waals surface area (Å²) in [5.41, 5.74) is 6.86. The fourth-order valence-corrected chi connectivity index (χ4v) is 2.58. The van der Waals surface area contributed by atoms with Crippen LogP contribution in [0.2, 0.25) is 0 Å². The second-order valence-corrected chi connectivity index (χ2v) is 4.97. The van der Waals surface area contributed by atoms with Crippen LogP contribution in [0, 0.1) is 0 Å². The zero-order valence-electron chi connectivity index (χ0n) is 11.1. The van der Waals surface area contributed by atoms with Crippen LogP contribution in [0.25, 0.3) is 0 Å². The van der Waals surface area contributed by atoms with Crippen LogP contribution in [0.4, 0.5) is 0 Å². The summed E-state index contributed by atoms with van der Waals surface area (Å²) in [5, 5.41) is 0. The monoisotopic (exact) mass is 248 g/mol. The lowest BCUT2D eigenvalue weighted by Gasteiger charge is -2.35. The van der Waals surface area contributed by atoms with E-state index in [0.717, 1.165) is 13.2 Å². The molecule has 18 heavy (non-hydrogen) atoms. The van der Waals surface area contributed by atoms with Crippen molar-refractivity contribution in [3.8, 4) is 0 Å². The highest BCUT2D eigenvalue weighted by Crippen LogP contribution is 2.19. The molecule has 1 saturated heterocycles. The molecule has 1 aromatic carbocycles. The molecule has 0 amide bonds. The Morgan fingerprint density at radius 2 is 2.06 bits per heavy atom. The minimum atomic E-state index is 0.561. The minimum absolute atomic E-state index is 0.561. The van der Waals surface area contributed by atoms with Crippen LogP contribution in [0.15, 0.2) is 30.3 Å². The van der Waals surface area contributed by atoms with Crippen molar-refractivity contribution < 1.29 is 4.74 Å². The summed E-state index contributed by atoms with van der Waals surface area (Å²) in [6.45, 7) is 4.34. The highest BCUT2D eigenvalue weighted by Gasteiger charge is 2.22. The Labute approximate surface area is 110 Å². The molecule has 2 rings (SSSR count). The largest absolute Gasteiger partial charge is 0.379 e. The molecule has 3 nitrogen and oxygen atoms in total. The van der Waals surface area contributed by atoms with Crippen LogP contribution in [-0.2, 0) is 11.3 Å². The van der Waals surface area contributed by atoms with Gasteiger partial charge < -0.3 is 10.5 Å². The smallest absolute Gasteiger partial charge is 0.0622 e. The van der Waals surface area contributed by atoms with E-state index in [0.29, 0.717) is 19.2 Å². The number of benzene rings is 1. The molecule has 1 aliphatic rings. The van der Waals surface area contributed by atoms with Gasteiger partial charge in [-0.1, -0.05) is 36.8 Å². The van der Waals surface area contributed by atoms with Crippen molar-refractivity contribution in [2.24, 2.45) is 5.73 Å². The predicted octanol–water partition coefficient (Wildman–Crippen LogP) is 2.02. The van der Waals surface area contributed by atoms with E-state index in [-0.39, 0.29) is 0 Å². The molecule has 1 heterocycles. The maximum atomic E-state index is 5.62. The zero-order chi connectivity index (χ0) is 12.6. The number of likely N-dealkylation sites (tertiary alicyclic amines) is 1. The van der Waals surface area contributed by atoms with E-state index >= 15 is 0 Å². The van der Waals surface area contributed by atoms with Gasteiger partial charge in [-0.05, 0) is 24.9 Å². The first-order valence-electron chi connectivity index (χ1n) is 6.96. The third-order valence-corrected chi connectivity index (χ3v) is 3.55. The van der Waals surface area contributed by atoms with Crippen molar-refractivity contribution >= 4 is 0 Å². The number of ether oxygens (including phenoxy) is 1. The number of piperidine rings is 1. The van der Waals surface area contributed by atoms with Crippen LogP contribution in [0.1, 0.15) is 24.8 Å². The summed E-state index contributed by atoms with van der Waals surface area (Å²) >= 11 is 0. The molecule has 0 bridgehead atoms. The first kappa shape index (κ1) is 13.5. The molecular formula is C15H24N2O. The van der Waals surface area contributed by atoms with Crippen molar-refractivity contribution in [1.29, 1.82) is 0 Å². The Kier molecular flexibility index (Phi) is 5.65. The van der Waals surface area contributed by atoms with Gasteiger partial charge in [0.2, 0.25) is 0 Å². The van der Waals surface area contributed by atoms with Crippen molar-refractivity contribution in [2.75, 3.05) is 26.3 Å². The second kappa shape index (κ2) is 7.52. The Bertz CT molecular complexity index is 329.